The van der Waals surface area contributed by atoms with Crippen molar-refractivity contribution in [2.45, 2.75) is 51.4 Å². The molecule has 1 atom stereocenters. The number of benzene rings is 1. The third-order valence-corrected chi connectivity index (χ3v) is 5.84. The second-order valence-electron chi connectivity index (χ2n) is 7.90. The normalized spacial score (nSPS) is 20.6. The number of piperidine rings is 1. The minimum Gasteiger partial charge on any atom is -0.342 e. The lowest BCUT2D eigenvalue weighted by molar-refractivity contribution is -0.136. The van der Waals surface area contributed by atoms with E-state index < -0.39 is 0 Å². The van der Waals surface area contributed by atoms with E-state index in [-0.39, 0.29) is 5.92 Å². The minimum atomic E-state index is 0.257. The first kappa shape index (κ1) is 18.0. The molecule has 1 aromatic heterocycles. The van der Waals surface area contributed by atoms with Crippen LogP contribution in [0.4, 0.5) is 11.6 Å². The van der Waals surface area contributed by atoms with Gasteiger partial charge in [-0.3, -0.25) is 4.79 Å². The highest BCUT2D eigenvalue weighted by Crippen LogP contribution is 2.31. The maximum absolute atomic E-state index is 12.8. The Labute approximate surface area is 161 Å². The van der Waals surface area contributed by atoms with Crippen LogP contribution in [-0.4, -0.2) is 33.9 Å². The highest BCUT2D eigenvalue weighted by molar-refractivity contribution is 5.79. The lowest BCUT2D eigenvalue weighted by Crippen LogP contribution is -2.42. The van der Waals surface area contributed by atoms with Gasteiger partial charge in [0.1, 0.15) is 0 Å². The molecule has 142 valence electrons. The zero-order chi connectivity index (χ0) is 18.6. The van der Waals surface area contributed by atoms with Gasteiger partial charge in [0.25, 0.3) is 0 Å². The molecule has 4 rings (SSSR count). The molecule has 1 aliphatic carbocycles. The molecule has 1 amide bonds. The van der Waals surface area contributed by atoms with Gasteiger partial charge < -0.3 is 10.2 Å². The molecule has 0 unspecified atom stereocenters. The van der Waals surface area contributed by atoms with Crippen LogP contribution >= 0.6 is 0 Å². The van der Waals surface area contributed by atoms with E-state index in [4.69, 9.17) is 4.98 Å². The highest BCUT2D eigenvalue weighted by Gasteiger charge is 2.31. The third-order valence-electron chi connectivity index (χ3n) is 5.84. The molecule has 27 heavy (non-hydrogen) atoms. The first-order valence-electron chi connectivity index (χ1n) is 10.1. The highest BCUT2D eigenvalue weighted by atomic mass is 16.2. The van der Waals surface area contributed by atoms with Gasteiger partial charge in [0.2, 0.25) is 11.9 Å². The second-order valence-corrected chi connectivity index (χ2v) is 7.90. The van der Waals surface area contributed by atoms with E-state index in [0.717, 1.165) is 50.2 Å². The van der Waals surface area contributed by atoms with Crippen molar-refractivity contribution in [3.63, 3.8) is 0 Å². The quantitative estimate of drug-likeness (QED) is 0.872. The van der Waals surface area contributed by atoms with Crippen LogP contribution in [0.2, 0.25) is 0 Å². The molecule has 2 heterocycles. The number of amides is 1. The summed E-state index contributed by atoms with van der Waals surface area (Å²) in [6.45, 7) is 3.75. The molecule has 1 aromatic carbocycles. The molecule has 2 aromatic rings. The second kappa shape index (κ2) is 8.07. The number of carbonyl (C=O) groups is 1. The summed E-state index contributed by atoms with van der Waals surface area (Å²) in [5, 5.41) is 3.29. The summed E-state index contributed by atoms with van der Waals surface area (Å²) in [7, 11) is 0. The first-order valence-corrected chi connectivity index (χ1v) is 10.1. The Bertz CT molecular complexity index is 783. The summed E-state index contributed by atoms with van der Waals surface area (Å²) in [5.74, 6) is 1.54. The summed E-state index contributed by atoms with van der Waals surface area (Å²) >= 11 is 0. The summed E-state index contributed by atoms with van der Waals surface area (Å²) < 4.78 is 0. The van der Waals surface area contributed by atoms with Crippen LogP contribution in [0.15, 0.2) is 36.5 Å². The van der Waals surface area contributed by atoms with Crippen LogP contribution in [-0.2, 0) is 4.79 Å². The summed E-state index contributed by atoms with van der Waals surface area (Å²) in [5.41, 5.74) is 3.24. The van der Waals surface area contributed by atoms with Crippen molar-refractivity contribution in [1.29, 1.82) is 0 Å². The van der Waals surface area contributed by atoms with Crippen molar-refractivity contribution in [2.24, 2.45) is 5.92 Å². The molecule has 1 N–H and O–H groups in total. The topological polar surface area (TPSA) is 58.1 Å². The molecule has 5 nitrogen and oxygen atoms in total. The van der Waals surface area contributed by atoms with Crippen LogP contribution in [0.5, 0.6) is 0 Å². The largest absolute Gasteiger partial charge is 0.342 e. The number of nitrogens with zero attached hydrogens (tertiary/aromatic N) is 3. The van der Waals surface area contributed by atoms with Crippen molar-refractivity contribution < 1.29 is 4.79 Å². The van der Waals surface area contributed by atoms with Crippen molar-refractivity contribution >= 4 is 17.5 Å². The van der Waals surface area contributed by atoms with Crippen LogP contribution in [0.1, 0.15) is 55.7 Å². The minimum absolute atomic E-state index is 0.257. The van der Waals surface area contributed by atoms with Gasteiger partial charge in [-0.15, -0.1) is 0 Å². The van der Waals surface area contributed by atoms with Gasteiger partial charge in [0.15, 0.2) is 0 Å². The van der Waals surface area contributed by atoms with Crippen LogP contribution in [0.25, 0.3) is 0 Å². The van der Waals surface area contributed by atoms with Gasteiger partial charge in [0.05, 0.1) is 5.69 Å². The smallest absolute Gasteiger partial charge is 0.227 e. The van der Waals surface area contributed by atoms with E-state index in [1.165, 1.54) is 18.4 Å². The Morgan fingerprint density at radius 3 is 2.63 bits per heavy atom. The fraction of sp³-hybridized carbons (Fsp3) is 0.500. The van der Waals surface area contributed by atoms with Gasteiger partial charge in [-0.25, -0.2) is 9.97 Å². The maximum atomic E-state index is 12.8. The summed E-state index contributed by atoms with van der Waals surface area (Å²) in [6, 6.07) is 10.2. The van der Waals surface area contributed by atoms with Crippen molar-refractivity contribution in [3.8, 4) is 0 Å². The molecule has 5 heteroatoms. The molecule has 1 aliphatic heterocycles. The molecule has 0 bridgehead atoms. The molecular weight excluding hydrogens is 336 g/mol. The summed E-state index contributed by atoms with van der Waals surface area (Å²) in [4.78, 5) is 24.0. The average molecular weight is 364 g/mol. The monoisotopic (exact) mass is 364 g/mol. The van der Waals surface area contributed by atoms with Gasteiger partial charge in [-0.1, -0.05) is 30.5 Å². The molecule has 0 spiro atoms. The fourth-order valence-electron chi connectivity index (χ4n) is 4.28. The fourth-order valence-corrected chi connectivity index (χ4v) is 4.28. The molecule has 0 radical (unpaired) electrons. The van der Waals surface area contributed by atoms with Crippen LogP contribution in [0, 0.1) is 12.8 Å². The van der Waals surface area contributed by atoms with E-state index in [1.54, 1.807) is 0 Å². The van der Waals surface area contributed by atoms with Crippen molar-refractivity contribution in [1.82, 2.24) is 14.9 Å². The van der Waals surface area contributed by atoms with Crippen LogP contribution < -0.4 is 5.32 Å². The Balaban J connectivity index is 1.44. The standard InChI is InChI=1S/C22H28N4O/c1-16-8-10-19(11-9-16)24-22-23-13-12-20(25-22)18-7-4-14-26(15-18)21(27)17-5-2-3-6-17/h8-13,17-18H,2-7,14-15H2,1H3,(H,23,24,25)/t18-/m1/s1. The lowest BCUT2D eigenvalue weighted by Gasteiger charge is -2.34. The number of aromatic nitrogens is 2. The Morgan fingerprint density at radius 1 is 1.07 bits per heavy atom. The van der Waals surface area contributed by atoms with E-state index in [9.17, 15) is 4.79 Å². The van der Waals surface area contributed by atoms with Crippen molar-refractivity contribution in [2.75, 3.05) is 18.4 Å². The number of nitrogens with one attached hydrogen (secondary N) is 1. The lowest BCUT2D eigenvalue weighted by atomic mass is 9.93. The Morgan fingerprint density at radius 2 is 1.85 bits per heavy atom. The Hall–Kier alpha value is -2.43. The zero-order valence-electron chi connectivity index (χ0n) is 16.0. The molecule has 1 saturated carbocycles. The predicted molar refractivity (Wildman–Crippen MR) is 107 cm³/mol. The number of likely N-dealkylation sites (tertiary alicyclic amines) is 1. The molecule has 1 saturated heterocycles. The molecular formula is C22H28N4O. The number of hydrogen-bond acceptors (Lipinski definition) is 4. The SMILES string of the molecule is Cc1ccc(Nc2nccc([C@@H]3CCCN(C(=O)C4CCCC4)C3)n2)cc1. The third kappa shape index (κ3) is 4.29. The zero-order valence-corrected chi connectivity index (χ0v) is 16.0. The number of rotatable bonds is 4. The molecule has 2 fully saturated rings. The van der Waals surface area contributed by atoms with Gasteiger partial charge in [0, 0.05) is 36.8 Å². The van der Waals surface area contributed by atoms with E-state index in [2.05, 4.69) is 34.3 Å². The number of aryl methyl sites for hydroxylation is 1. The van der Waals surface area contributed by atoms with E-state index in [1.807, 2.05) is 24.4 Å². The first-order chi connectivity index (χ1) is 13.2. The predicted octanol–water partition coefficient (Wildman–Crippen LogP) is 4.42. The van der Waals surface area contributed by atoms with E-state index in [0.29, 0.717) is 17.8 Å². The summed E-state index contributed by atoms with van der Waals surface area (Å²) in [6.07, 6.45) is 8.48. The maximum Gasteiger partial charge on any atom is 0.227 e. The Kier molecular flexibility index (Phi) is 5.37. The van der Waals surface area contributed by atoms with E-state index >= 15 is 0 Å². The average Bonchev–Trinajstić information content (AvgIpc) is 3.24. The van der Waals surface area contributed by atoms with Gasteiger partial charge in [-0.05, 0) is 50.8 Å². The van der Waals surface area contributed by atoms with Crippen LogP contribution in [0.3, 0.4) is 0 Å². The van der Waals surface area contributed by atoms with Gasteiger partial charge >= 0.3 is 0 Å². The van der Waals surface area contributed by atoms with Gasteiger partial charge in [-0.2, -0.15) is 0 Å². The number of hydrogen-bond donors (Lipinski definition) is 1. The number of carbonyl (C=O) groups excluding carboxylic acids is 1. The number of anilines is 2. The van der Waals surface area contributed by atoms with Crippen molar-refractivity contribution in [3.05, 3.63) is 47.8 Å². The molecule has 2 aliphatic rings.